The van der Waals surface area contributed by atoms with E-state index in [1.165, 1.54) is 56.8 Å². The molecule has 4 aliphatic carbocycles. The van der Waals surface area contributed by atoms with Crippen molar-refractivity contribution < 1.29 is 4.39 Å². The Morgan fingerprint density at radius 2 is 1.78 bits per heavy atom. The van der Waals surface area contributed by atoms with Gasteiger partial charge in [0, 0.05) is 29.6 Å². The minimum absolute atomic E-state index is 0.186. The van der Waals surface area contributed by atoms with Crippen LogP contribution in [0.15, 0.2) is 126 Å². The summed E-state index contributed by atoms with van der Waals surface area (Å²) in [6.07, 6.45) is 23.8. The molecule has 0 radical (unpaired) electrons. The van der Waals surface area contributed by atoms with Crippen LogP contribution < -0.4 is 0 Å². The van der Waals surface area contributed by atoms with Crippen LogP contribution in [0.5, 0.6) is 0 Å². The zero-order valence-corrected chi connectivity index (χ0v) is 30.9. The highest BCUT2D eigenvalue weighted by Gasteiger charge is 2.44. The smallest absolute Gasteiger partial charge is 0.123 e. The Balaban J connectivity index is 1.52. The van der Waals surface area contributed by atoms with Crippen LogP contribution in [-0.4, -0.2) is 10.7 Å². The van der Waals surface area contributed by atoms with E-state index in [0.29, 0.717) is 5.92 Å². The maximum Gasteiger partial charge on any atom is 0.123 e. The number of halogens is 1. The minimum atomic E-state index is -0.241. The first kappa shape index (κ1) is 35.2. The fourth-order valence-electron chi connectivity index (χ4n) is 8.51. The van der Waals surface area contributed by atoms with E-state index in [0.717, 1.165) is 48.2 Å². The summed E-state index contributed by atoms with van der Waals surface area (Å²) in [5.74, 6) is 0.634. The fourth-order valence-corrected chi connectivity index (χ4v) is 8.51. The molecule has 0 N–H and O–H groups in total. The maximum absolute atomic E-state index is 13.8. The van der Waals surface area contributed by atoms with Gasteiger partial charge in [0.1, 0.15) is 5.82 Å². The van der Waals surface area contributed by atoms with Crippen molar-refractivity contribution in [1.29, 1.82) is 0 Å². The van der Waals surface area contributed by atoms with E-state index in [1.54, 1.807) is 5.57 Å². The van der Waals surface area contributed by atoms with Crippen molar-refractivity contribution in [2.45, 2.75) is 80.1 Å². The van der Waals surface area contributed by atoms with E-state index in [-0.39, 0.29) is 23.1 Å². The molecule has 1 saturated carbocycles. The van der Waals surface area contributed by atoms with Crippen molar-refractivity contribution in [2.75, 3.05) is 0 Å². The van der Waals surface area contributed by atoms with Crippen molar-refractivity contribution in [3.8, 4) is 11.1 Å². The third-order valence-electron chi connectivity index (χ3n) is 11.4. The predicted molar refractivity (Wildman–Crippen MR) is 212 cm³/mol. The zero-order chi connectivity index (χ0) is 35.6. The Hall–Kier alpha value is -4.63. The number of allylic oxidation sites excluding steroid dienone is 12. The van der Waals surface area contributed by atoms with Gasteiger partial charge in [-0.15, -0.1) is 0 Å². The van der Waals surface area contributed by atoms with Crippen LogP contribution in [0.2, 0.25) is 0 Å². The van der Waals surface area contributed by atoms with Crippen LogP contribution in [0.1, 0.15) is 100 Å². The highest BCUT2D eigenvalue weighted by molar-refractivity contribution is 6.03. The topological polar surface area (TPSA) is 25.2 Å². The number of pyridine rings is 1. The van der Waals surface area contributed by atoms with Crippen LogP contribution in [0.25, 0.3) is 22.3 Å². The molecule has 7 rings (SSSR count). The molecule has 4 atom stereocenters. The summed E-state index contributed by atoms with van der Waals surface area (Å²) in [6.45, 7) is 19.8. The molecule has 0 amide bonds. The second kappa shape index (κ2) is 14.7. The lowest BCUT2D eigenvalue weighted by Crippen LogP contribution is -2.38. The molecule has 0 aliphatic heterocycles. The molecule has 2 nitrogen and oxygen atoms in total. The molecule has 1 aromatic heterocycles. The monoisotopic (exact) mass is 662 g/mol. The van der Waals surface area contributed by atoms with Crippen molar-refractivity contribution in [2.24, 2.45) is 22.2 Å². The van der Waals surface area contributed by atoms with E-state index < -0.39 is 0 Å². The summed E-state index contributed by atoms with van der Waals surface area (Å²) in [6, 6.07) is 15.7. The van der Waals surface area contributed by atoms with Crippen LogP contribution >= 0.6 is 0 Å². The van der Waals surface area contributed by atoms with E-state index in [2.05, 4.69) is 109 Å². The van der Waals surface area contributed by atoms with Gasteiger partial charge in [-0.25, -0.2) is 4.39 Å². The van der Waals surface area contributed by atoms with Gasteiger partial charge in [-0.3, -0.25) is 9.98 Å². The largest absolute Gasteiger partial charge is 0.261 e. The van der Waals surface area contributed by atoms with Crippen molar-refractivity contribution in [3.63, 3.8) is 0 Å². The number of aryl methyl sites for hydroxylation is 1. The van der Waals surface area contributed by atoms with Gasteiger partial charge in [0.2, 0.25) is 0 Å². The van der Waals surface area contributed by atoms with Crippen LogP contribution in [0.3, 0.4) is 0 Å². The van der Waals surface area contributed by atoms with Crippen LogP contribution in [0.4, 0.5) is 4.39 Å². The average molecular weight is 663 g/mol. The normalized spacial score (nSPS) is 21.8. The first-order valence-electron chi connectivity index (χ1n) is 18.2. The van der Waals surface area contributed by atoms with Gasteiger partial charge in [-0.1, -0.05) is 112 Å². The van der Waals surface area contributed by atoms with Gasteiger partial charge >= 0.3 is 0 Å². The van der Waals surface area contributed by atoms with Gasteiger partial charge in [0.05, 0.1) is 5.69 Å². The van der Waals surface area contributed by atoms with E-state index in [9.17, 15) is 4.39 Å². The molecule has 0 spiro atoms. The first-order valence-corrected chi connectivity index (χ1v) is 18.2. The molecule has 50 heavy (non-hydrogen) atoms. The predicted octanol–water partition coefficient (Wildman–Crippen LogP) is 12.7. The number of nitrogens with zero attached hydrogens (tertiary/aromatic N) is 2. The molecule has 1 heterocycles. The quantitative estimate of drug-likeness (QED) is 0.129. The number of hydrogen-bond acceptors (Lipinski definition) is 2. The third-order valence-corrected chi connectivity index (χ3v) is 11.4. The van der Waals surface area contributed by atoms with E-state index in [4.69, 9.17) is 9.98 Å². The lowest BCUT2D eigenvalue weighted by molar-refractivity contribution is 0.242. The highest BCUT2D eigenvalue weighted by Crippen LogP contribution is 2.54. The molecule has 4 aliphatic rings. The SMILES string of the molecule is C=C/C(=C\C=C(/C)c1c(C(C)C(C)(C=CC)C2CC3=CC=C2C(=N/C=C\C)C(C)CC3)ccc2c1Cc1nc(C)ccc1-2)c1ccc(F)cc1. The standard InChI is InChI=1S/C47H51FN2/c1-9-26-47(8,43-28-34-15-12-31(5)46(49-27-10-2)41(43)23-16-34)33(7)38-24-25-39-40-22-14-32(6)50-44(40)29-42(39)45(38)30(4)13-17-35(11-3)36-18-20-37(48)21-19-36/h9-11,13-14,16-27,31,33,43H,3,12,15,28-29H2,1-2,4-8H3/b26-9?,27-10-,30-13+,35-17+,49-46?. The molecular formula is C47H51FN2. The average Bonchev–Trinajstić information content (AvgIpc) is 3.47. The molecule has 2 bridgehead atoms. The van der Waals surface area contributed by atoms with Crippen LogP contribution in [0, 0.1) is 30.0 Å². The summed E-state index contributed by atoms with van der Waals surface area (Å²) in [4.78, 5) is 10.1. The van der Waals surface area contributed by atoms with Gasteiger partial charge in [-0.05, 0) is 133 Å². The van der Waals surface area contributed by atoms with Crippen molar-refractivity contribution in [3.05, 3.63) is 161 Å². The van der Waals surface area contributed by atoms with Crippen molar-refractivity contribution in [1.82, 2.24) is 4.98 Å². The molecule has 4 unspecified atom stereocenters. The number of hydrogen-bond donors (Lipinski definition) is 0. The van der Waals surface area contributed by atoms with Crippen LogP contribution in [-0.2, 0) is 6.42 Å². The Bertz CT molecular complexity index is 2010. The van der Waals surface area contributed by atoms with Gasteiger partial charge in [0.25, 0.3) is 0 Å². The molecule has 0 saturated heterocycles. The molecule has 3 aromatic rings. The number of rotatable bonds is 9. The summed E-state index contributed by atoms with van der Waals surface area (Å²) in [5.41, 5.74) is 15.8. The fraction of sp³-hybridized carbons (Fsp3) is 0.319. The molecule has 3 heteroatoms. The van der Waals surface area contributed by atoms with E-state index >= 15 is 0 Å². The Morgan fingerprint density at radius 3 is 2.50 bits per heavy atom. The Kier molecular flexibility index (Phi) is 10.3. The third kappa shape index (κ3) is 6.63. The summed E-state index contributed by atoms with van der Waals surface area (Å²) < 4.78 is 13.8. The number of aliphatic imine (C=N–C) groups is 1. The molecule has 1 fully saturated rings. The van der Waals surface area contributed by atoms with Gasteiger partial charge in [-0.2, -0.15) is 0 Å². The van der Waals surface area contributed by atoms with Gasteiger partial charge < -0.3 is 0 Å². The number of fused-ring (bicyclic) bond motifs is 8. The zero-order valence-electron chi connectivity index (χ0n) is 30.9. The highest BCUT2D eigenvalue weighted by atomic mass is 19.1. The molecule has 2 aromatic carbocycles. The summed E-state index contributed by atoms with van der Waals surface area (Å²) >= 11 is 0. The molecule has 256 valence electrons. The van der Waals surface area contributed by atoms with E-state index in [1.807, 2.05) is 37.4 Å². The lowest BCUT2D eigenvalue weighted by atomic mass is 9.58. The first-order chi connectivity index (χ1) is 24.1. The second-order valence-corrected chi connectivity index (χ2v) is 14.6. The summed E-state index contributed by atoms with van der Waals surface area (Å²) in [7, 11) is 0. The van der Waals surface area contributed by atoms with Gasteiger partial charge in [0.15, 0.2) is 0 Å². The number of aromatic nitrogens is 1. The molecular weight excluding hydrogens is 612 g/mol. The lowest BCUT2D eigenvalue weighted by Gasteiger charge is -2.46. The minimum Gasteiger partial charge on any atom is -0.261 e. The Labute approximate surface area is 299 Å². The number of benzene rings is 2. The Morgan fingerprint density at radius 1 is 1.02 bits per heavy atom. The second-order valence-electron chi connectivity index (χ2n) is 14.6. The summed E-state index contributed by atoms with van der Waals surface area (Å²) in [5, 5.41) is 0. The van der Waals surface area contributed by atoms with Crippen molar-refractivity contribution >= 4 is 16.9 Å². The maximum atomic E-state index is 13.8.